The van der Waals surface area contributed by atoms with Crippen LogP contribution in [-0.2, 0) is 16.6 Å². The number of rotatable bonds is 6. The standard InChI is InChI=1S/C23H30N2O2.C4H10N2O/c1-23(2,3)19-10-8-18(9-11-19)22-24(4)16-21(26)25(22)15-14-17-6-12-20(27-5)13-7-17;1-3-6-4(7)5-2/h6-13,22H,14-16H2,1-5H3;3H2,1-2H3,(H2,5,6,7). The highest BCUT2D eigenvalue weighted by molar-refractivity contribution is 5.81. The molecule has 1 saturated heterocycles. The summed E-state index contributed by atoms with van der Waals surface area (Å²) < 4.78 is 5.22. The van der Waals surface area contributed by atoms with Gasteiger partial charge in [0.05, 0.1) is 13.7 Å². The van der Waals surface area contributed by atoms with E-state index in [2.05, 4.69) is 72.7 Å². The minimum atomic E-state index is -0.123. The zero-order chi connectivity index (χ0) is 25.3. The minimum absolute atomic E-state index is 0.00441. The molecule has 1 heterocycles. The Morgan fingerprint density at radius 3 is 2.18 bits per heavy atom. The fraction of sp³-hybridized carbons (Fsp3) is 0.481. The normalized spacial score (nSPS) is 16.0. The number of benzene rings is 2. The van der Waals surface area contributed by atoms with E-state index in [-0.39, 0.29) is 23.5 Å². The second kappa shape index (κ2) is 12.4. The summed E-state index contributed by atoms with van der Waals surface area (Å²) in [4.78, 5) is 26.9. The summed E-state index contributed by atoms with van der Waals surface area (Å²) >= 11 is 0. The van der Waals surface area contributed by atoms with Crippen LogP contribution in [0.5, 0.6) is 5.75 Å². The number of hydrogen-bond acceptors (Lipinski definition) is 4. The van der Waals surface area contributed by atoms with Gasteiger partial charge in [0.15, 0.2) is 0 Å². The van der Waals surface area contributed by atoms with Gasteiger partial charge in [-0.15, -0.1) is 0 Å². The summed E-state index contributed by atoms with van der Waals surface area (Å²) in [7, 11) is 5.28. The molecule has 0 aromatic heterocycles. The Morgan fingerprint density at radius 2 is 1.71 bits per heavy atom. The molecule has 1 aliphatic heterocycles. The average Bonchev–Trinajstić information content (AvgIpc) is 3.10. The third kappa shape index (κ3) is 7.48. The molecule has 7 heteroatoms. The van der Waals surface area contributed by atoms with Crippen LogP contribution in [0, 0.1) is 0 Å². The van der Waals surface area contributed by atoms with Gasteiger partial charge in [0, 0.05) is 20.1 Å². The molecule has 34 heavy (non-hydrogen) atoms. The third-order valence-electron chi connectivity index (χ3n) is 5.86. The van der Waals surface area contributed by atoms with Gasteiger partial charge in [-0.1, -0.05) is 57.2 Å². The van der Waals surface area contributed by atoms with Crippen LogP contribution in [0.25, 0.3) is 0 Å². The summed E-state index contributed by atoms with van der Waals surface area (Å²) in [5.74, 6) is 1.04. The minimum Gasteiger partial charge on any atom is -0.497 e. The molecular weight excluding hydrogens is 428 g/mol. The van der Waals surface area contributed by atoms with Crippen LogP contribution in [0.2, 0.25) is 0 Å². The molecule has 1 atom stereocenters. The van der Waals surface area contributed by atoms with Crippen molar-refractivity contribution in [2.24, 2.45) is 0 Å². The van der Waals surface area contributed by atoms with Crippen LogP contribution >= 0.6 is 0 Å². The fourth-order valence-corrected chi connectivity index (χ4v) is 3.89. The van der Waals surface area contributed by atoms with Crippen molar-refractivity contribution in [1.29, 1.82) is 0 Å². The highest BCUT2D eigenvalue weighted by Crippen LogP contribution is 2.31. The highest BCUT2D eigenvalue weighted by Gasteiger charge is 2.36. The van der Waals surface area contributed by atoms with E-state index in [1.807, 2.05) is 31.0 Å². The van der Waals surface area contributed by atoms with E-state index in [9.17, 15) is 9.59 Å². The first kappa shape index (κ1) is 27.2. The second-order valence-electron chi connectivity index (χ2n) is 9.46. The molecular formula is C27H40N4O3. The number of hydrogen-bond donors (Lipinski definition) is 2. The Labute approximate surface area is 204 Å². The molecule has 3 rings (SSSR count). The number of ether oxygens (including phenoxy) is 1. The van der Waals surface area contributed by atoms with Crippen molar-refractivity contribution in [1.82, 2.24) is 20.4 Å². The van der Waals surface area contributed by atoms with Crippen LogP contribution in [0.3, 0.4) is 0 Å². The quantitative estimate of drug-likeness (QED) is 0.673. The predicted octanol–water partition coefficient (Wildman–Crippen LogP) is 3.94. The fourth-order valence-electron chi connectivity index (χ4n) is 3.89. The van der Waals surface area contributed by atoms with Crippen molar-refractivity contribution in [2.45, 2.75) is 45.7 Å². The van der Waals surface area contributed by atoms with E-state index >= 15 is 0 Å². The van der Waals surface area contributed by atoms with Crippen molar-refractivity contribution in [3.8, 4) is 5.75 Å². The Balaban J connectivity index is 0.000000509. The van der Waals surface area contributed by atoms with E-state index < -0.39 is 0 Å². The van der Waals surface area contributed by atoms with E-state index in [4.69, 9.17) is 4.74 Å². The van der Waals surface area contributed by atoms with Gasteiger partial charge in [0.25, 0.3) is 0 Å². The maximum atomic E-state index is 12.6. The summed E-state index contributed by atoms with van der Waals surface area (Å²) in [5.41, 5.74) is 3.82. The molecule has 0 bridgehead atoms. The predicted molar refractivity (Wildman–Crippen MR) is 137 cm³/mol. The molecule has 3 amide bonds. The number of amides is 3. The Morgan fingerprint density at radius 1 is 1.09 bits per heavy atom. The number of carbonyl (C=O) groups is 2. The Bertz CT molecular complexity index is 920. The highest BCUT2D eigenvalue weighted by atomic mass is 16.5. The monoisotopic (exact) mass is 468 g/mol. The lowest BCUT2D eigenvalue weighted by Gasteiger charge is -2.29. The zero-order valence-corrected chi connectivity index (χ0v) is 21.6. The lowest BCUT2D eigenvalue weighted by atomic mass is 9.86. The summed E-state index contributed by atoms with van der Waals surface area (Å²) in [5, 5.41) is 4.96. The molecule has 1 unspecified atom stereocenters. The van der Waals surface area contributed by atoms with Crippen LogP contribution in [0.4, 0.5) is 4.79 Å². The van der Waals surface area contributed by atoms with E-state index in [1.54, 1.807) is 14.2 Å². The van der Waals surface area contributed by atoms with Crippen molar-refractivity contribution < 1.29 is 14.3 Å². The summed E-state index contributed by atoms with van der Waals surface area (Å²) in [6.07, 6.45) is 0.838. The van der Waals surface area contributed by atoms with Crippen LogP contribution in [0.15, 0.2) is 48.5 Å². The largest absolute Gasteiger partial charge is 0.497 e. The lowest BCUT2D eigenvalue weighted by molar-refractivity contribution is -0.128. The SMILES string of the molecule is CCNC(=O)NC.COc1ccc(CCN2C(=O)CN(C)C2c2ccc(C(C)(C)C)cc2)cc1. The Hall–Kier alpha value is -3.06. The first-order valence-electron chi connectivity index (χ1n) is 11.8. The van der Waals surface area contributed by atoms with Gasteiger partial charge in [-0.05, 0) is 54.6 Å². The average molecular weight is 469 g/mol. The maximum Gasteiger partial charge on any atom is 0.314 e. The zero-order valence-electron chi connectivity index (χ0n) is 21.6. The summed E-state index contributed by atoms with van der Waals surface area (Å²) in [6.45, 7) is 10.4. The van der Waals surface area contributed by atoms with Gasteiger partial charge in [-0.2, -0.15) is 0 Å². The number of carbonyl (C=O) groups excluding carboxylic acids is 2. The molecule has 0 radical (unpaired) electrons. The number of nitrogens with zero attached hydrogens (tertiary/aromatic N) is 2. The molecule has 2 aromatic carbocycles. The molecule has 1 fully saturated rings. The smallest absolute Gasteiger partial charge is 0.314 e. The first-order valence-corrected chi connectivity index (χ1v) is 11.8. The van der Waals surface area contributed by atoms with Crippen LogP contribution < -0.4 is 15.4 Å². The van der Waals surface area contributed by atoms with Gasteiger partial charge in [-0.3, -0.25) is 9.69 Å². The molecule has 2 N–H and O–H groups in total. The first-order chi connectivity index (χ1) is 16.1. The van der Waals surface area contributed by atoms with Crippen LogP contribution in [0.1, 0.15) is 50.6 Å². The number of methoxy groups -OCH3 is 1. The Kier molecular flexibility index (Phi) is 9.93. The number of nitrogens with one attached hydrogen (secondary N) is 2. The van der Waals surface area contributed by atoms with Gasteiger partial charge >= 0.3 is 6.03 Å². The van der Waals surface area contributed by atoms with E-state index in [1.165, 1.54) is 16.7 Å². The summed E-state index contributed by atoms with van der Waals surface area (Å²) in [6, 6.07) is 16.7. The maximum absolute atomic E-state index is 12.6. The molecule has 186 valence electrons. The number of likely N-dealkylation sites (N-methyl/N-ethyl adjacent to an activating group) is 1. The van der Waals surface area contributed by atoms with Crippen molar-refractivity contribution in [3.63, 3.8) is 0 Å². The molecule has 0 spiro atoms. The van der Waals surface area contributed by atoms with E-state index in [0.29, 0.717) is 19.6 Å². The molecule has 2 aromatic rings. The van der Waals surface area contributed by atoms with E-state index in [0.717, 1.165) is 12.2 Å². The van der Waals surface area contributed by atoms with Gasteiger partial charge in [-0.25, -0.2) is 4.79 Å². The molecule has 0 saturated carbocycles. The second-order valence-corrected chi connectivity index (χ2v) is 9.46. The van der Waals surface area contributed by atoms with Gasteiger partial charge in [0.1, 0.15) is 11.9 Å². The molecule has 7 nitrogen and oxygen atoms in total. The van der Waals surface area contributed by atoms with Crippen molar-refractivity contribution >= 4 is 11.9 Å². The van der Waals surface area contributed by atoms with Crippen molar-refractivity contribution in [2.75, 3.05) is 40.8 Å². The topological polar surface area (TPSA) is 73.9 Å². The lowest BCUT2D eigenvalue weighted by Crippen LogP contribution is -2.32. The van der Waals surface area contributed by atoms with Gasteiger partial charge in [0.2, 0.25) is 5.91 Å². The molecule has 1 aliphatic rings. The molecule has 0 aliphatic carbocycles. The third-order valence-corrected chi connectivity index (χ3v) is 5.86. The van der Waals surface area contributed by atoms with Gasteiger partial charge < -0.3 is 20.3 Å². The van der Waals surface area contributed by atoms with Crippen LogP contribution in [-0.4, -0.2) is 62.6 Å². The van der Waals surface area contributed by atoms with Crippen molar-refractivity contribution in [3.05, 3.63) is 65.2 Å². The number of urea groups is 1.